The van der Waals surface area contributed by atoms with Gasteiger partial charge in [-0.1, -0.05) is 12.1 Å². The topological polar surface area (TPSA) is 64.7 Å². The molecule has 0 bridgehead atoms. The Morgan fingerprint density at radius 3 is 2.68 bits per heavy atom. The van der Waals surface area contributed by atoms with Crippen LogP contribution in [0.1, 0.15) is 6.42 Å². The van der Waals surface area contributed by atoms with Gasteiger partial charge in [-0.15, -0.1) is 0 Å². The fourth-order valence-electron chi connectivity index (χ4n) is 2.74. The van der Waals surface area contributed by atoms with Crippen LogP contribution < -0.4 is 5.32 Å². The van der Waals surface area contributed by atoms with E-state index >= 15 is 0 Å². The number of carbonyl (C=O) groups excluding carboxylic acids is 1. The van der Waals surface area contributed by atoms with Gasteiger partial charge in [0.25, 0.3) is 0 Å². The van der Waals surface area contributed by atoms with Gasteiger partial charge in [-0.05, 0) is 36.4 Å². The van der Waals surface area contributed by atoms with Gasteiger partial charge in [-0.25, -0.2) is 9.97 Å². The average Bonchev–Trinajstić information content (AvgIpc) is 3.30. The van der Waals surface area contributed by atoms with E-state index in [1.807, 2.05) is 70.2 Å². The van der Waals surface area contributed by atoms with Crippen LogP contribution in [-0.2, 0) is 11.3 Å². The van der Waals surface area contributed by atoms with Crippen molar-refractivity contribution >= 4 is 22.6 Å². The lowest BCUT2D eigenvalue weighted by atomic mass is 10.2. The van der Waals surface area contributed by atoms with Gasteiger partial charge in [0, 0.05) is 36.7 Å². The van der Waals surface area contributed by atoms with E-state index in [0.29, 0.717) is 13.0 Å². The molecule has 0 saturated carbocycles. The second-order valence-corrected chi connectivity index (χ2v) is 5.75. The van der Waals surface area contributed by atoms with Crippen LogP contribution in [0.3, 0.4) is 0 Å². The molecule has 124 valence electrons. The molecular weight excluding hydrogens is 314 g/mol. The van der Waals surface area contributed by atoms with Crippen molar-refractivity contribution in [2.45, 2.75) is 13.0 Å². The van der Waals surface area contributed by atoms with Gasteiger partial charge in [-0.3, -0.25) is 9.36 Å². The van der Waals surface area contributed by atoms with Crippen LogP contribution in [-0.4, -0.2) is 25.0 Å². The normalized spacial score (nSPS) is 10.9. The van der Waals surface area contributed by atoms with Crippen LogP contribution in [0.25, 0.3) is 16.7 Å². The van der Waals surface area contributed by atoms with E-state index < -0.39 is 0 Å². The van der Waals surface area contributed by atoms with Gasteiger partial charge < -0.3 is 9.88 Å². The molecule has 0 aliphatic rings. The van der Waals surface area contributed by atoms with Crippen LogP contribution >= 0.6 is 0 Å². The predicted octanol–water partition coefficient (Wildman–Crippen LogP) is 3.25. The summed E-state index contributed by atoms with van der Waals surface area (Å²) in [7, 11) is 0. The van der Waals surface area contributed by atoms with Crippen LogP contribution in [0.4, 0.5) is 5.69 Å². The molecule has 4 aromatic rings. The molecule has 0 radical (unpaired) electrons. The minimum absolute atomic E-state index is 0.0190. The summed E-state index contributed by atoms with van der Waals surface area (Å²) >= 11 is 0. The molecule has 6 nitrogen and oxygen atoms in total. The van der Waals surface area contributed by atoms with E-state index in [1.165, 1.54) is 0 Å². The van der Waals surface area contributed by atoms with Crippen LogP contribution in [0.15, 0.2) is 73.6 Å². The molecule has 1 N–H and O–H groups in total. The van der Waals surface area contributed by atoms with Crippen molar-refractivity contribution < 1.29 is 4.79 Å². The third-order valence-electron chi connectivity index (χ3n) is 4.04. The number of imidazole rings is 2. The summed E-state index contributed by atoms with van der Waals surface area (Å²) < 4.78 is 3.91. The number of nitrogens with zero attached hydrogens (tertiary/aromatic N) is 4. The highest BCUT2D eigenvalue weighted by Gasteiger charge is 2.06. The predicted molar refractivity (Wildman–Crippen MR) is 96.5 cm³/mol. The number of rotatable bonds is 5. The Hall–Kier alpha value is -3.41. The largest absolute Gasteiger partial charge is 0.337 e. The number of nitrogens with one attached hydrogen (secondary N) is 1. The maximum Gasteiger partial charge on any atom is 0.226 e. The van der Waals surface area contributed by atoms with Crippen molar-refractivity contribution in [1.82, 2.24) is 19.1 Å². The Balaban J connectivity index is 1.44. The molecule has 1 amide bonds. The summed E-state index contributed by atoms with van der Waals surface area (Å²) in [6.07, 6.45) is 7.47. The number of hydrogen-bond donors (Lipinski definition) is 1. The Bertz CT molecular complexity index is 986. The molecule has 2 aromatic carbocycles. The number of anilines is 1. The summed E-state index contributed by atoms with van der Waals surface area (Å²) in [4.78, 5) is 20.4. The zero-order valence-corrected chi connectivity index (χ0v) is 13.5. The molecule has 0 aliphatic carbocycles. The number of benzene rings is 2. The van der Waals surface area contributed by atoms with Crippen LogP contribution in [0, 0.1) is 0 Å². The van der Waals surface area contributed by atoms with E-state index in [2.05, 4.69) is 15.3 Å². The third-order valence-corrected chi connectivity index (χ3v) is 4.04. The first-order valence-electron chi connectivity index (χ1n) is 8.08. The molecule has 0 unspecified atom stereocenters. The Morgan fingerprint density at radius 2 is 1.88 bits per heavy atom. The Morgan fingerprint density at radius 1 is 1.04 bits per heavy atom. The lowest BCUT2D eigenvalue weighted by Crippen LogP contribution is -2.14. The summed E-state index contributed by atoms with van der Waals surface area (Å²) in [6, 6.07) is 15.7. The molecule has 6 heteroatoms. The molecule has 2 heterocycles. The zero-order chi connectivity index (χ0) is 17.1. The lowest BCUT2D eigenvalue weighted by molar-refractivity contribution is -0.116. The first kappa shape index (κ1) is 15.1. The minimum Gasteiger partial charge on any atom is -0.337 e. The van der Waals surface area contributed by atoms with Gasteiger partial charge in [0.05, 0.1) is 17.4 Å². The molecule has 2 aromatic heterocycles. The number of para-hydroxylation sites is 2. The molecular formula is C19H17N5O. The van der Waals surface area contributed by atoms with E-state index in [9.17, 15) is 4.79 Å². The van der Waals surface area contributed by atoms with Gasteiger partial charge in [0.2, 0.25) is 5.91 Å². The average molecular weight is 331 g/mol. The number of carbonyl (C=O) groups is 1. The summed E-state index contributed by atoms with van der Waals surface area (Å²) in [5.74, 6) is -0.0190. The maximum atomic E-state index is 12.0. The molecule has 0 atom stereocenters. The lowest BCUT2D eigenvalue weighted by Gasteiger charge is -2.08. The van der Waals surface area contributed by atoms with Crippen molar-refractivity contribution in [1.29, 1.82) is 0 Å². The SMILES string of the molecule is O=C(CCn1ccnc1)Nc1ccc(-n2cnc3ccccc32)cc1. The molecule has 25 heavy (non-hydrogen) atoms. The Labute approximate surface area is 144 Å². The van der Waals surface area contributed by atoms with Crippen molar-refractivity contribution in [2.75, 3.05) is 5.32 Å². The quantitative estimate of drug-likeness (QED) is 0.610. The van der Waals surface area contributed by atoms with Gasteiger partial charge >= 0.3 is 0 Å². The number of hydrogen-bond acceptors (Lipinski definition) is 3. The van der Waals surface area contributed by atoms with Gasteiger partial charge in [0.15, 0.2) is 0 Å². The van der Waals surface area contributed by atoms with Crippen molar-refractivity contribution in [2.24, 2.45) is 0 Å². The van der Waals surface area contributed by atoms with E-state index in [4.69, 9.17) is 0 Å². The highest BCUT2D eigenvalue weighted by atomic mass is 16.1. The highest BCUT2D eigenvalue weighted by Crippen LogP contribution is 2.19. The molecule has 0 saturated heterocycles. The number of fused-ring (bicyclic) bond motifs is 1. The van der Waals surface area contributed by atoms with Gasteiger partial charge in [0.1, 0.15) is 6.33 Å². The highest BCUT2D eigenvalue weighted by molar-refractivity contribution is 5.90. The number of amides is 1. The summed E-state index contributed by atoms with van der Waals surface area (Å²) in [5.41, 5.74) is 3.80. The Kier molecular flexibility index (Phi) is 4.00. The second kappa shape index (κ2) is 6.60. The molecule has 0 fully saturated rings. The summed E-state index contributed by atoms with van der Waals surface area (Å²) in [5, 5.41) is 2.92. The maximum absolute atomic E-state index is 12.0. The molecule has 4 rings (SSSR count). The number of aromatic nitrogens is 4. The van der Waals surface area contributed by atoms with Crippen LogP contribution in [0.5, 0.6) is 0 Å². The van der Waals surface area contributed by atoms with E-state index in [0.717, 1.165) is 22.4 Å². The summed E-state index contributed by atoms with van der Waals surface area (Å²) in [6.45, 7) is 0.616. The zero-order valence-electron chi connectivity index (χ0n) is 13.5. The fourth-order valence-corrected chi connectivity index (χ4v) is 2.74. The van der Waals surface area contributed by atoms with E-state index in [-0.39, 0.29) is 5.91 Å². The van der Waals surface area contributed by atoms with Crippen molar-refractivity contribution in [3.05, 3.63) is 73.6 Å². The first-order chi connectivity index (χ1) is 12.3. The smallest absolute Gasteiger partial charge is 0.226 e. The standard InChI is InChI=1S/C19H17N5O/c25-19(9-11-23-12-10-20-13-23)22-15-5-7-16(8-6-15)24-14-21-17-3-1-2-4-18(17)24/h1-8,10,12-14H,9,11H2,(H,22,25). The number of aryl methyl sites for hydroxylation is 1. The monoisotopic (exact) mass is 331 g/mol. The third kappa shape index (κ3) is 3.28. The van der Waals surface area contributed by atoms with Crippen molar-refractivity contribution in [3.63, 3.8) is 0 Å². The van der Waals surface area contributed by atoms with Gasteiger partial charge in [-0.2, -0.15) is 0 Å². The fraction of sp³-hybridized carbons (Fsp3) is 0.105. The molecule has 0 aliphatic heterocycles. The van der Waals surface area contributed by atoms with E-state index in [1.54, 1.807) is 12.5 Å². The van der Waals surface area contributed by atoms with Crippen molar-refractivity contribution in [3.8, 4) is 5.69 Å². The molecule has 0 spiro atoms. The van der Waals surface area contributed by atoms with Crippen LogP contribution in [0.2, 0.25) is 0 Å². The first-order valence-corrected chi connectivity index (χ1v) is 8.08. The second-order valence-electron chi connectivity index (χ2n) is 5.75. The minimum atomic E-state index is -0.0190.